The van der Waals surface area contributed by atoms with Crippen LogP contribution in [0.25, 0.3) is 0 Å². The predicted octanol–water partition coefficient (Wildman–Crippen LogP) is 2.46. The Labute approximate surface area is 150 Å². The van der Waals surface area contributed by atoms with Crippen molar-refractivity contribution in [3.8, 4) is 5.75 Å². The third-order valence-corrected chi connectivity index (χ3v) is 3.98. The first-order valence-corrected chi connectivity index (χ1v) is 8.33. The number of hydrogen-bond acceptors (Lipinski definition) is 4. The lowest BCUT2D eigenvalue weighted by molar-refractivity contribution is 0.0679. The van der Waals surface area contributed by atoms with Gasteiger partial charge in [0.05, 0.1) is 11.7 Å². The highest BCUT2D eigenvalue weighted by atomic mass is 19.1. The van der Waals surface area contributed by atoms with Gasteiger partial charge >= 0.3 is 0 Å². The van der Waals surface area contributed by atoms with Gasteiger partial charge in [-0.3, -0.25) is 20.4 Å². The van der Waals surface area contributed by atoms with Crippen molar-refractivity contribution in [1.82, 2.24) is 10.9 Å². The van der Waals surface area contributed by atoms with E-state index in [-0.39, 0.29) is 11.7 Å². The number of ether oxygens (including phenoxy) is 2. The fourth-order valence-electron chi connectivity index (χ4n) is 2.57. The summed E-state index contributed by atoms with van der Waals surface area (Å²) in [6, 6.07) is 12.0. The minimum atomic E-state index is -0.729. The van der Waals surface area contributed by atoms with Gasteiger partial charge in [0.2, 0.25) is 0 Å². The first kappa shape index (κ1) is 17.9. The third-order valence-electron chi connectivity index (χ3n) is 3.98. The zero-order valence-electron chi connectivity index (χ0n) is 14.0. The second kappa shape index (κ2) is 8.44. The molecule has 0 saturated carbocycles. The van der Waals surface area contributed by atoms with Crippen molar-refractivity contribution in [3.63, 3.8) is 0 Å². The molecule has 1 aliphatic rings. The van der Waals surface area contributed by atoms with Crippen LogP contribution >= 0.6 is 0 Å². The largest absolute Gasteiger partial charge is 0.491 e. The van der Waals surface area contributed by atoms with E-state index in [4.69, 9.17) is 9.47 Å². The van der Waals surface area contributed by atoms with Crippen LogP contribution in [0.4, 0.5) is 4.39 Å². The first-order valence-electron chi connectivity index (χ1n) is 8.33. The lowest BCUT2D eigenvalue weighted by Crippen LogP contribution is -2.41. The molecule has 6 nitrogen and oxygen atoms in total. The standard InChI is InChI=1S/C19H19FN2O4/c20-17-6-2-1-5-16(17)19(24)22-21-18(23)13-7-9-14(10-8-13)26-12-15-4-3-11-25-15/h1-2,5-10,15H,3-4,11-12H2,(H,21,23)(H,22,24)/t15-/m0/s1. The number of hydrogen-bond donors (Lipinski definition) is 2. The Morgan fingerprint density at radius 3 is 2.50 bits per heavy atom. The van der Waals surface area contributed by atoms with E-state index < -0.39 is 17.6 Å². The number of rotatable bonds is 5. The second-order valence-electron chi connectivity index (χ2n) is 5.86. The quantitative estimate of drug-likeness (QED) is 0.805. The molecule has 3 rings (SSSR count). The third kappa shape index (κ3) is 4.58. The van der Waals surface area contributed by atoms with Gasteiger partial charge < -0.3 is 9.47 Å². The molecular formula is C19H19FN2O4. The molecule has 1 fully saturated rings. The normalized spacial score (nSPS) is 16.1. The Morgan fingerprint density at radius 1 is 1.08 bits per heavy atom. The number of hydrazine groups is 1. The van der Waals surface area contributed by atoms with Gasteiger partial charge in [-0.2, -0.15) is 0 Å². The van der Waals surface area contributed by atoms with Crippen LogP contribution in [-0.4, -0.2) is 31.1 Å². The molecule has 2 amide bonds. The van der Waals surface area contributed by atoms with Gasteiger partial charge in [0.15, 0.2) is 0 Å². The average molecular weight is 358 g/mol. The van der Waals surface area contributed by atoms with Crippen molar-refractivity contribution in [2.45, 2.75) is 18.9 Å². The van der Waals surface area contributed by atoms with Gasteiger partial charge in [0.1, 0.15) is 18.2 Å². The van der Waals surface area contributed by atoms with Crippen molar-refractivity contribution >= 4 is 11.8 Å². The fourth-order valence-corrected chi connectivity index (χ4v) is 2.57. The van der Waals surface area contributed by atoms with Crippen LogP contribution in [0.15, 0.2) is 48.5 Å². The zero-order valence-corrected chi connectivity index (χ0v) is 14.0. The minimum Gasteiger partial charge on any atom is -0.491 e. The summed E-state index contributed by atoms with van der Waals surface area (Å²) in [5.74, 6) is -1.27. The van der Waals surface area contributed by atoms with Crippen molar-refractivity contribution in [2.24, 2.45) is 0 Å². The van der Waals surface area contributed by atoms with Crippen molar-refractivity contribution in [1.29, 1.82) is 0 Å². The molecule has 0 radical (unpaired) electrons. The van der Waals surface area contributed by atoms with Gasteiger partial charge in [-0.15, -0.1) is 0 Å². The van der Waals surface area contributed by atoms with Gasteiger partial charge in [0.25, 0.3) is 11.8 Å². The van der Waals surface area contributed by atoms with E-state index in [2.05, 4.69) is 10.9 Å². The summed E-state index contributed by atoms with van der Waals surface area (Å²) in [5, 5.41) is 0. The van der Waals surface area contributed by atoms with E-state index in [9.17, 15) is 14.0 Å². The first-order chi connectivity index (χ1) is 12.6. The van der Waals surface area contributed by atoms with Crippen molar-refractivity contribution < 1.29 is 23.5 Å². The molecule has 0 unspecified atom stereocenters. The van der Waals surface area contributed by atoms with E-state index >= 15 is 0 Å². The predicted molar refractivity (Wildman–Crippen MR) is 92.2 cm³/mol. The molecule has 0 aliphatic carbocycles. The van der Waals surface area contributed by atoms with E-state index in [0.29, 0.717) is 17.9 Å². The highest BCUT2D eigenvalue weighted by Crippen LogP contribution is 2.16. The molecule has 0 spiro atoms. The molecule has 1 heterocycles. The number of benzene rings is 2. The molecule has 2 N–H and O–H groups in total. The Kier molecular flexibility index (Phi) is 5.80. The number of amides is 2. The topological polar surface area (TPSA) is 76.7 Å². The van der Waals surface area contributed by atoms with Gasteiger partial charge in [-0.05, 0) is 49.2 Å². The van der Waals surface area contributed by atoms with Gasteiger partial charge in [-0.1, -0.05) is 12.1 Å². The Bertz CT molecular complexity index is 773. The maximum Gasteiger partial charge on any atom is 0.272 e. The van der Waals surface area contributed by atoms with Crippen molar-refractivity contribution in [2.75, 3.05) is 13.2 Å². The molecule has 26 heavy (non-hydrogen) atoms. The van der Waals surface area contributed by atoms with E-state index in [0.717, 1.165) is 19.4 Å². The van der Waals surface area contributed by atoms with E-state index in [1.165, 1.54) is 24.3 Å². The van der Waals surface area contributed by atoms with Gasteiger partial charge in [0, 0.05) is 12.2 Å². The highest BCUT2D eigenvalue weighted by Gasteiger charge is 2.16. The van der Waals surface area contributed by atoms with E-state index in [1.807, 2.05) is 0 Å². The molecule has 2 aromatic rings. The van der Waals surface area contributed by atoms with Crippen LogP contribution in [0.5, 0.6) is 5.75 Å². The van der Waals surface area contributed by atoms with Crippen LogP contribution < -0.4 is 15.6 Å². The monoisotopic (exact) mass is 358 g/mol. The Hall–Kier alpha value is -2.93. The molecule has 0 aromatic heterocycles. The summed E-state index contributed by atoms with van der Waals surface area (Å²) in [7, 11) is 0. The molecule has 7 heteroatoms. The van der Waals surface area contributed by atoms with E-state index in [1.54, 1.807) is 24.3 Å². The van der Waals surface area contributed by atoms with Crippen LogP contribution in [0.1, 0.15) is 33.6 Å². The van der Waals surface area contributed by atoms with Crippen LogP contribution in [0.3, 0.4) is 0 Å². The maximum absolute atomic E-state index is 13.5. The number of carbonyl (C=O) groups is 2. The summed E-state index contributed by atoms with van der Waals surface area (Å²) in [4.78, 5) is 23.9. The summed E-state index contributed by atoms with van der Waals surface area (Å²) in [5.41, 5.74) is 4.63. The smallest absolute Gasteiger partial charge is 0.272 e. The lowest BCUT2D eigenvalue weighted by atomic mass is 10.2. The molecule has 136 valence electrons. The number of carbonyl (C=O) groups excluding carboxylic acids is 2. The number of halogens is 1. The minimum absolute atomic E-state index is 0.117. The molecule has 1 saturated heterocycles. The molecule has 2 aromatic carbocycles. The molecule has 0 bridgehead atoms. The summed E-state index contributed by atoms with van der Waals surface area (Å²) in [6.07, 6.45) is 2.15. The molecule has 1 atom stereocenters. The number of nitrogens with one attached hydrogen (secondary N) is 2. The SMILES string of the molecule is O=C(NNC(=O)c1ccccc1F)c1ccc(OC[C@@H]2CCCO2)cc1. The van der Waals surface area contributed by atoms with Crippen LogP contribution in [0.2, 0.25) is 0 Å². The lowest BCUT2D eigenvalue weighted by Gasteiger charge is -2.12. The Balaban J connectivity index is 1.50. The Morgan fingerprint density at radius 2 is 1.81 bits per heavy atom. The fraction of sp³-hybridized carbons (Fsp3) is 0.263. The van der Waals surface area contributed by atoms with Gasteiger partial charge in [-0.25, -0.2) is 4.39 Å². The summed E-state index contributed by atoms with van der Waals surface area (Å²) in [6.45, 7) is 1.25. The summed E-state index contributed by atoms with van der Waals surface area (Å²) >= 11 is 0. The second-order valence-corrected chi connectivity index (χ2v) is 5.86. The summed E-state index contributed by atoms with van der Waals surface area (Å²) < 4.78 is 24.6. The average Bonchev–Trinajstić information content (AvgIpc) is 3.18. The van der Waals surface area contributed by atoms with Crippen LogP contribution in [0, 0.1) is 5.82 Å². The van der Waals surface area contributed by atoms with Crippen molar-refractivity contribution in [3.05, 3.63) is 65.5 Å². The highest BCUT2D eigenvalue weighted by molar-refractivity contribution is 5.99. The molecular weight excluding hydrogens is 339 g/mol. The molecule has 1 aliphatic heterocycles. The van der Waals surface area contributed by atoms with Crippen LogP contribution in [-0.2, 0) is 4.74 Å². The zero-order chi connectivity index (χ0) is 18.4. The maximum atomic E-state index is 13.5.